The molecule has 0 spiro atoms. The van der Waals surface area contributed by atoms with Crippen LogP contribution in [-0.4, -0.2) is 49.1 Å². The number of nitrogens with zero attached hydrogens (tertiary/aromatic N) is 2. The summed E-state index contributed by atoms with van der Waals surface area (Å²) in [5.41, 5.74) is 1.56. The van der Waals surface area contributed by atoms with Crippen LogP contribution >= 0.6 is 22.9 Å². The van der Waals surface area contributed by atoms with Crippen molar-refractivity contribution in [1.29, 1.82) is 0 Å². The Bertz CT molecular complexity index is 1150. The number of rotatable bonds is 5. The van der Waals surface area contributed by atoms with E-state index < -0.39 is 0 Å². The smallest absolute Gasteiger partial charge is 0.253 e. The molecule has 2 aliphatic rings. The molecule has 0 unspecified atom stereocenters. The van der Waals surface area contributed by atoms with Crippen LogP contribution in [0.25, 0.3) is 10.1 Å². The first-order valence-electron chi connectivity index (χ1n) is 10.8. The van der Waals surface area contributed by atoms with Crippen molar-refractivity contribution in [3.8, 4) is 0 Å². The lowest BCUT2D eigenvalue weighted by Gasteiger charge is -2.27. The van der Waals surface area contributed by atoms with Gasteiger partial charge in [0.1, 0.15) is 6.61 Å². The van der Waals surface area contributed by atoms with Crippen LogP contribution in [0.1, 0.15) is 17.7 Å². The number of ether oxygens (including phenoxy) is 1. The number of likely N-dealkylation sites (tertiary alicyclic amines) is 1. The normalized spacial score (nSPS) is 19.6. The highest BCUT2D eigenvalue weighted by atomic mass is 35.5. The number of carbonyl (C=O) groups is 2. The molecular formula is C24H24ClN3O3S. The van der Waals surface area contributed by atoms with E-state index in [1.807, 2.05) is 42.5 Å². The molecule has 2 saturated heterocycles. The van der Waals surface area contributed by atoms with E-state index in [-0.39, 0.29) is 24.5 Å². The van der Waals surface area contributed by atoms with Crippen LogP contribution in [0.5, 0.6) is 0 Å². The van der Waals surface area contributed by atoms with Crippen molar-refractivity contribution in [1.82, 2.24) is 4.90 Å². The molecule has 5 rings (SSSR count). The van der Waals surface area contributed by atoms with E-state index in [1.165, 1.54) is 15.0 Å². The third-order valence-corrected chi connectivity index (χ3v) is 7.31. The van der Waals surface area contributed by atoms with Gasteiger partial charge in [-0.25, -0.2) is 0 Å². The molecule has 2 fully saturated rings. The fourth-order valence-electron chi connectivity index (χ4n) is 4.39. The molecule has 1 atom stereocenters. The molecular weight excluding hydrogens is 446 g/mol. The van der Waals surface area contributed by atoms with Crippen molar-refractivity contribution in [3.63, 3.8) is 0 Å². The standard InChI is InChI=1S/C24H24ClN3O3S/c25-17-4-3-16-12-20(32-22(16)13-17)14-27-9-1-2-21(27)24(30)26-18-5-7-19(8-6-18)28-10-11-31-15-23(28)29/h3-8,12-13,21H,1-2,9-11,14-15H2,(H,26,30)/t21-/m1/s1. The summed E-state index contributed by atoms with van der Waals surface area (Å²) in [5.74, 6) is -0.0278. The lowest BCUT2D eigenvalue weighted by atomic mass is 10.2. The van der Waals surface area contributed by atoms with E-state index in [1.54, 1.807) is 16.2 Å². The van der Waals surface area contributed by atoms with E-state index in [9.17, 15) is 9.59 Å². The summed E-state index contributed by atoms with van der Waals surface area (Å²) in [6.45, 7) is 2.86. The quantitative estimate of drug-likeness (QED) is 0.596. The number of hydrogen-bond acceptors (Lipinski definition) is 5. The molecule has 166 valence electrons. The number of amides is 2. The van der Waals surface area contributed by atoms with Crippen LogP contribution in [0, 0.1) is 0 Å². The van der Waals surface area contributed by atoms with Crippen molar-refractivity contribution >= 4 is 56.2 Å². The van der Waals surface area contributed by atoms with Gasteiger partial charge in [0.25, 0.3) is 5.91 Å². The number of anilines is 2. The fourth-order valence-corrected chi connectivity index (χ4v) is 5.76. The topological polar surface area (TPSA) is 61.9 Å². The summed E-state index contributed by atoms with van der Waals surface area (Å²) in [5, 5.41) is 4.98. The van der Waals surface area contributed by atoms with E-state index in [0.29, 0.717) is 13.2 Å². The highest BCUT2D eigenvalue weighted by molar-refractivity contribution is 7.19. The molecule has 1 N–H and O–H groups in total. The van der Waals surface area contributed by atoms with E-state index in [2.05, 4.69) is 16.3 Å². The Labute approximate surface area is 195 Å². The summed E-state index contributed by atoms with van der Waals surface area (Å²) >= 11 is 7.85. The van der Waals surface area contributed by atoms with Gasteiger partial charge < -0.3 is 15.0 Å². The maximum Gasteiger partial charge on any atom is 0.253 e. The van der Waals surface area contributed by atoms with Crippen LogP contribution in [-0.2, 0) is 20.9 Å². The van der Waals surface area contributed by atoms with Crippen LogP contribution in [0.4, 0.5) is 11.4 Å². The zero-order chi connectivity index (χ0) is 22.1. The number of benzene rings is 2. The molecule has 6 nitrogen and oxygen atoms in total. The van der Waals surface area contributed by atoms with Crippen molar-refractivity contribution in [3.05, 3.63) is 58.4 Å². The van der Waals surface area contributed by atoms with Gasteiger partial charge >= 0.3 is 0 Å². The number of hydrogen-bond donors (Lipinski definition) is 1. The summed E-state index contributed by atoms with van der Waals surface area (Å²) in [7, 11) is 0. The van der Waals surface area contributed by atoms with Gasteiger partial charge in [0.15, 0.2) is 0 Å². The Morgan fingerprint density at radius 3 is 2.81 bits per heavy atom. The lowest BCUT2D eigenvalue weighted by molar-refractivity contribution is -0.125. The molecule has 3 aromatic rings. The maximum absolute atomic E-state index is 13.0. The number of morpholine rings is 1. The number of nitrogens with one attached hydrogen (secondary N) is 1. The first kappa shape index (κ1) is 21.4. The van der Waals surface area contributed by atoms with Gasteiger partial charge in [-0.1, -0.05) is 17.7 Å². The number of thiophene rings is 1. The average molecular weight is 470 g/mol. The van der Waals surface area contributed by atoms with Crippen LogP contribution in [0.15, 0.2) is 48.5 Å². The second kappa shape index (κ2) is 9.19. The summed E-state index contributed by atoms with van der Waals surface area (Å²) < 4.78 is 6.36. The summed E-state index contributed by atoms with van der Waals surface area (Å²) in [4.78, 5) is 30.2. The summed E-state index contributed by atoms with van der Waals surface area (Å²) in [6, 6.07) is 15.4. The number of fused-ring (bicyclic) bond motifs is 1. The molecule has 0 radical (unpaired) electrons. The minimum absolute atomic E-state index is 0.0156. The van der Waals surface area contributed by atoms with E-state index in [4.69, 9.17) is 16.3 Å². The lowest BCUT2D eigenvalue weighted by Crippen LogP contribution is -2.41. The van der Waals surface area contributed by atoms with Crippen molar-refractivity contribution in [2.45, 2.75) is 25.4 Å². The molecule has 2 aromatic carbocycles. The van der Waals surface area contributed by atoms with Gasteiger partial charge in [-0.3, -0.25) is 14.5 Å². The van der Waals surface area contributed by atoms with Gasteiger partial charge in [0, 0.05) is 39.1 Å². The van der Waals surface area contributed by atoms with E-state index in [0.717, 1.165) is 42.3 Å². The highest BCUT2D eigenvalue weighted by Crippen LogP contribution is 2.31. The number of halogens is 1. The molecule has 0 aliphatic carbocycles. The Kier molecular flexibility index (Phi) is 6.15. The van der Waals surface area contributed by atoms with Crippen molar-refractivity contribution in [2.75, 3.05) is 36.5 Å². The Hall–Kier alpha value is -2.45. The molecule has 2 aliphatic heterocycles. The Balaban J connectivity index is 1.23. The third kappa shape index (κ3) is 4.52. The first-order chi connectivity index (χ1) is 15.6. The van der Waals surface area contributed by atoms with Crippen LogP contribution < -0.4 is 10.2 Å². The van der Waals surface area contributed by atoms with Gasteiger partial charge in [0.2, 0.25) is 5.91 Å². The van der Waals surface area contributed by atoms with Crippen molar-refractivity contribution < 1.29 is 14.3 Å². The monoisotopic (exact) mass is 469 g/mol. The summed E-state index contributed by atoms with van der Waals surface area (Å²) in [6.07, 6.45) is 1.86. The maximum atomic E-state index is 13.0. The van der Waals surface area contributed by atoms with E-state index >= 15 is 0 Å². The predicted molar refractivity (Wildman–Crippen MR) is 129 cm³/mol. The van der Waals surface area contributed by atoms with Gasteiger partial charge in [-0.15, -0.1) is 11.3 Å². The molecule has 2 amide bonds. The van der Waals surface area contributed by atoms with Gasteiger partial charge in [-0.2, -0.15) is 0 Å². The first-order valence-corrected chi connectivity index (χ1v) is 12.0. The fraction of sp³-hybridized carbons (Fsp3) is 0.333. The van der Waals surface area contributed by atoms with Gasteiger partial charge in [0.05, 0.1) is 12.6 Å². The molecule has 1 aromatic heterocycles. The Morgan fingerprint density at radius 2 is 2.00 bits per heavy atom. The molecule has 0 saturated carbocycles. The van der Waals surface area contributed by atoms with Crippen molar-refractivity contribution in [2.24, 2.45) is 0 Å². The average Bonchev–Trinajstić information content (AvgIpc) is 3.41. The minimum atomic E-state index is -0.149. The SMILES string of the molecule is O=C(Nc1ccc(N2CCOCC2=O)cc1)[C@H]1CCCN1Cc1cc2ccc(Cl)cc2s1. The number of carbonyl (C=O) groups excluding carboxylic acids is 2. The zero-order valence-corrected chi connectivity index (χ0v) is 19.1. The highest BCUT2D eigenvalue weighted by Gasteiger charge is 2.31. The van der Waals surface area contributed by atoms with Crippen LogP contribution in [0.2, 0.25) is 5.02 Å². The molecule has 3 heterocycles. The molecule has 0 bridgehead atoms. The largest absolute Gasteiger partial charge is 0.370 e. The zero-order valence-electron chi connectivity index (χ0n) is 17.6. The second-order valence-corrected chi connectivity index (χ2v) is 9.76. The minimum Gasteiger partial charge on any atom is -0.370 e. The van der Waals surface area contributed by atoms with Gasteiger partial charge in [-0.05, 0) is 67.2 Å². The second-order valence-electron chi connectivity index (χ2n) is 8.16. The van der Waals surface area contributed by atoms with Crippen LogP contribution in [0.3, 0.4) is 0 Å². The Morgan fingerprint density at radius 1 is 1.16 bits per heavy atom. The predicted octanol–water partition coefficient (Wildman–Crippen LogP) is 4.52. The third-order valence-electron chi connectivity index (χ3n) is 5.99. The molecule has 8 heteroatoms. The molecule has 32 heavy (non-hydrogen) atoms.